The molecule has 63 heavy (non-hydrogen) atoms. The van der Waals surface area contributed by atoms with Gasteiger partial charge in [-0.1, -0.05) is 91.0 Å². The van der Waals surface area contributed by atoms with Crippen molar-refractivity contribution in [2.24, 2.45) is 0 Å². The molecule has 13 nitrogen and oxygen atoms in total. The van der Waals surface area contributed by atoms with E-state index < -0.39 is 43.3 Å². The lowest BCUT2D eigenvalue weighted by atomic mass is 9.82. The number of nitrogen functional groups attached to an aromatic ring is 1. The van der Waals surface area contributed by atoms with Crippen LogP contribution < -0.4 is 20.5 Å². The molecule has 0 spiro atoms. The highest BCUT2D eigenvalue weighted by atomic mass is 31.2. The molecule has 18 heteroatoms. The van der Waals surface area contributed by atoms with Gasteiger partial charge < -0.3 is 30.1 Å². The summed E-state index contributed by atoms with van der Waals surface area (Å²) in [5.41, 5.74) is 8.26. The third-order valence-electron chi connectivity index (χ3n) is 10.9. The fourth-order valence-electron chi connectivity index (χ4n) is 7.60. The molecule has 3 aromatic heterocycles. The summed E-state index contributed by atoms with van der Waals surface area (Å²) in [5.74, 6) is -2.61. The normalized spacial score (nSPS) is 16.1. The molecule has 1 aliphatic rings. The Bertz CT molecular complexity index is 2660. The first-order valence-corrected chi connectivity index (χ1v) is 21.5. The number of phosphoric ester groups is 1. The minimum Gasteiger partial charge on any atom is -0.401 e. The molecule has 1 fully saturated rings. The summed E-state index contributed by atoms with van der Waals surface area (Å²) in [4.78, 5) is 19.1. The van der Waals surface area contributed by atoms with Crippen molar-refractivity contribution >= 4 is 30.5 Å². The number of aromatic nitrogens is 5. The minimum absolute atomic E-state index is 0.0113. The largest absolute Gasteiger partial charge is 0.530 e. The predicted molar refractivity (Wildman–Crippen MR) is 229 cm³/mol. The molecule has 4 heterocycles. The summed E-state index contributed by atoms with van der Waals surface area (Å²) in [6, 6.07) is 30.0. The van der Waals surface area contributed by atoms with Gasteiger partial charge in [-0.25, -0.2) is 37.1 Å². The topological polar surface area (TPSA) is 163 Å². The summed E-state index contributed by atoms with van der Waals surface area (Å²) in [6.45, 7) is 0.243. The van der Waals surface area contributed by atoms with Crippen molar-refractivity contribution in [2.45, 2.75) is 57.2 Å². The van der Waals surface area contributed by atoms with Gasteiger partial charge in [-0.2, -0.15) is 0 Å². The van der Waals surface area contributed by atoms with Crippen LogP contribution in [0, 0.1) is 11.6 Å². The van der Waals surface area contributed by atoms with Gasteiger partial charge in [0, 0.05) is 31.3 Å². The number of aliphatic hydroxyl groups is 1. The van der Waals surface area contributed by atoms with E-state index in [1.807, 2.05) is 35.2 Å². The number of hydrogen-bond donors (Lipinski definition) is 3. The van der Waals surface area contributed by atoms with Crippen molar-refractivity contribution in [3.05, 3.63) is 162 Å². The average molecular weight is 883 g/mol. The van der Waals surface area contributed by atoms with Crippen LogP contribution in [0.25, 0.3) is 22.4 Å². The number of hydrogen-bond acceptors (Lipinski definition) is 12. The monoisotopic (exact) mass is 882 g/mol. The van der Waals surface area contributed by atoms with E-state index in [9.17, 15) is 18.5 Å². The molecule has 0 aliphatic carbocycles. The van der Waals surface area contributed by atoms with Crippen LogP contribution in [0.1, 0.15) is 35.1 Å². The van der Waals surface area contributed by atoms with Crippen LogP contribution in [-0.4, -0.2) is 60.8 Å². The fourth-order valence-corrected chi connectivity index (χ4v) is 8.78. The van der Waals surface area contributed by atoms with Gasteiger partial charge in [-0.15, -0.1) is 0 Å². The number of anilines is 2. The summed E-state index contributed by atoms with van der Waals surface area (Å²) in [7, 11) is -4.57. The number of halogens is 4. The lowest BCUT2D eigenvalue weighted by molar-refractivity contribution is -0.0657. The molecular weight excluding hydrogens is 840 g/mol. The first-order chi connectivity index (χ1) is 30.5. The molecule has 326 valence electrons. The standard InChI is InChI=1S/C45H43F4N8O5P/c46-35-21-39(62-63(59,60-25-31-13-6-2-7-14-31)61-26-32-15-8-3-9-16-32)36(47)20-34(35)37-19-33(24-57-29-54-40-43(50)52-28-53-44(40)57)38(23-51-37)56-18-10-17-45(27-56,41(58)42(48)49)55-22-30-11-4-1-5-12-30/h1-9,11-16,19-21,23,28-29,41-42,55,58H,10,17-18,22,24-27H2,(H2,50,52,53)/t41-,45-/m1/s1. The number of alkyl halides is 2. The van der Waals surface area contributed by atoms with Crippen LogP contribution in [0.15, 0.2) is 128 Å². The molecule has 4 aromatic carbocycles. The van der Waals surface area contributed by atoms with Crippen LogP contribution >= 0.6 is 7.82 Å². The third-order valence-corrected chi connectivity index (χ3v) is 12.2. The summed E-state index contributed by atoms with van der Waals surface area (Å²) >= 11 is 0. The molecule has 0 amide bonds. The van der Waals surface area contributed by atoms with Crippen LogP contribution in [0.2, 0.25) is 0 Å². The van der Waals surface area contributed by atoms with Crippen LogP contribution in [0.5, 0.6) is 5.75 Å². The van der Waals surface area contributed by atoms with E-state index in [4.69, 9.17) is 19.3 Å². The molecule has 1 aliphatic heterocycles. The Morgan fingerprint density at radius 3 is 2.14 bits per heavy atom. The van der Waals surface area contributed by atoms with Gasteiger partial charge in [0.05, 0.1) is 49.2 Å². The maximum atomic E-state index is 16.3. The predicted octanol–water partition coefficient (Wildman–Crippen LogP) is 8.47. The molecule has 4 N–H and O–H groups in total. The van der Waals surface area contributed by atoms with Crippen molar-refractivity contribution in [1.82, 2.24) is 29.8 Å². The van der Waals surface area contributed by atoms with E-state index in [0.717, 1.165) is 17.7 Å². The van der Waals surface area contributed by atoms with Crippen LogP contribution in [-0.2, 0) is 39.9 Å². The van der Waals surface area contributed by atoms with E-state index in [1.54, 1.807) is 71.3 Å². The van der Waals surface area contributed by atoms with Gasteiger partial charge in [0.1, 0.15) is 23.8 Å². The molecule has 7 aromatic rings. The van der Waals surface area contributed by atoms with Crippen molar-refractivity contribution in [1.29, 1.82) is 0 Å². The maximum absolute atomic E-state index is 16.3. The first kappa shape index (κ1) is 43.4. The first-order valence-electron chi connectivity index (χ1n) is 20.1. The number of fused-ring (bicyclic) bond motifs is 1. The number of nitrogens with zero attached hydrogens (tertiary/aromatic N) is 6. The number of imidazole rings is 1. The Morgan fingerprint density at radius 1 is 0.841 bits per heavy atom. The van der Waals surface area contributed by atoms with Gasteiger partial charge >= 0.3 is 7.82 Å². The Kier molecular flexibility index (Phi) is 13.1. The van der Waals surface area contributed by atoms with Crippen molar-refractivity contribution in [3.8, 4) is 17.0 Å². The maximum Gasteiger partial charge on any atom is 0.530 e. The Balaban J connectivity index is 1.13. The molecule has 0 bridgehead atoms. The second-order valence-electron chi connectivity index (χ2n) is 15.1. The number of rotatable bonds is 17. The van der Waals surface area contributed by atoms with E-state index >= 15 is 8.78 Å². The number of pyridine rings is 1. The number of phosphoric acid groups is 1. The zero-order valence-corrected chi connectivity index (χ0v) is 34.6. The number of aliphatic hydroxyl groups excluding tert-OH is 1. The summed E-state index contributed by atoms with van der Waals surface area (Å²) in [5, 5.41) is 14.3. The number of nitrogens with one attached hydrogen (secondary N) is 1. The van der Waals surface area contributed by atoms with Gasteiger partial charge in [-0.05, 0) is 47.2 Å². The Hall–Kier alpha value is -6.23. The zero-order chi connectivity index (χ0) is 44.0. The molecule has 0 radical (unpaired) electrons. The van der Waals surface area contributed by atoms with Crippen molar-refractivity contribution < 1.29 is 40.8 Å². The quantitative estimate of drug-likeness (QED) is 0.0592. The molecule has 2 atom stereocenters. The van der Waals surface area contributed by atoms with E-state index in [2.05, 4.69) is 25.3 Å². The van der Waals surface area contributed by atoms with E-state index in [1.165, 1.54) is 18.9 Å². The Morgan fingerprint density at radius 2 is 1.49 bits per heavy atom. The van der Waals surface area contributed by atoms with Gasteiger partial charge in [0.2, 0.25) is 0 Å². The summed E-state index contributed by atoms with van der Waals surface area (Å²) in [6.07, 6.45) is -0.117. The van der Waals surface area contributed by atoms with Crippen molar-refractivity contribution in [3.63, 3.8) is 0 Å². The SMILES string of the molecule is Nc1ncnc2c1ncn2Cc1cc(-c2cc(F)c(OP(=O)(OCc3ccccc3)OCc3ccccc3)cc2F)ncc1N1CCC[C@](NCc2ccccc2)([C@H](O)C(F)F)C1. The molecule has 0 unspecified atom stereocenters. The Labute approximate surface area is 360 Å². The van der Waals surface area contributed by atoms with Gasteiger partial charge in [-0.3, -0.25) is 14.0 Å². The lowest BCUT2D eigenvalue weighted by Crippen LogP contribution is -2.65. The smallest absolute Gasteiger partial charge is 0.401 e. The second-order valence-corrected chi connectivity index (χ2v) is 16.7. The lowest BCUT2D eigenvalue weighted by Gasteiger charge is -2.47. The molecule has 1 saturated heterocycles. The molecular formula is C45H43F4N8O5P. The minimum atomic E-state index is -4.57. The highest BCUT2D eigenvalue weighted by molar-refractivity contribution is 7.48. The fraction of sp³-hybridized carbons (Fsp3) is 0.244. The summed E-state index contributed by atoms with van der Waals surface area (Å²) < 4.78 is 93.7. The number of piperidine rings is 1. The highest BCUT2D eigenvalue weighted by Crippen LogP contribution is 2.52. The highest BCUT2D eigenvalue weighted by Gasteiger charge is 2.46. The van der Waals surface area contributed by atoms with E-state index in [0.29, 0.717) is 46.5 Å². The number of benzene rings is 4. The van der Waals surface area contributed by atoms with Gasteiger partial charge in [0.25, 0.3) is 6.43 Å². The molecule has 8 rings (SSSR count). The van der Waals surface area contributed by atoms with Crippen LogP contribution in [0.4, 0.5) is 29.1 Å². The van der Waals surface area contributed by atoms with Gasteiger partial charge in [0.15, 0.2) is 23.0 Å². The third kappa shape index (κ3) is 10.0. The van der Waals surface area contributed by atoms with Crippen molar-refractivity contribution in [2.75, 3.05) is 23.7 Å². The van der Waals surface area contributed by atoms with E-state index in [-0.39, 0.29) is 56.3 Å². The van der Waals surface area contributed by atoms with Crippen LogP contribution in [0.3, 0.4) is 0 Å². The second kappa shape index (κ2) is 19.0. The average Bonchev–Trinajstić information content (AvgIpc) is 3.72. The zero-order valence-electron chi connectivity index (χ0n) is 33.7. The molecule has 0 saturated carbocycles. The number of nitrogens with two attached hydrogens (primary N) is 1.